The SMILES string of the molecule is OOO.[Cl-]. The zero-order valence-electron chi connectivity index (χ0n) is 1.68. The molecule has 0 rings (SSSR count). The Hall–Kier alpha value is 0.170. The van der Waals surface area contributed by atoms with Gasteiger partial charge >= 0.3 is 0 Å². The first kappa shape index (κ1) is 8.90. The molecule has 0 aromatic rings. The number of hydrogen-bond acceptors (Lipinski definition) is 3. The maximum Gasteiger partial charge on any atom is -0.0737 e. The van der Waals surface area contributed by atoms with Crippen molar-refractivity contribution in [3.8, 4) is 0 Å². The second-order valence-electron chi connectivity index (χ2n) is 0.0816. The van der Waals surface area contributed by atoms with Gasteiger partial charge in [0.05, 0.1) is 0 Å². The van der Waals surface area contributed by atoms with E-state index in [-0.39, 0.29) is 12.4 Å². The summed E-state index contributed by atoms with van der Waals surface area (Å²) in [5, 5.41) is 15.5. The third-order valence-electron chi connectivity index (χ3n) is 0. The van der Waals surface area contributed by atoms with E-state index in [4.69, 9.17) is 10.5 Å². The van der Waals surface area contributed by atoms with Crippen LogP contribution in [-0.2, 0) is 5.04 Å². The highest BCUT2D eigenvalue weighted by atomic mass is 35.5. The molecule has 0 aromatic carbocycles. The molecule has 0 aliphatic heterocycles. The normalized spacial score (nSPS) is 4.50. The van der Waals surface area contributed by atoms with Crippen molar-refractivity contribution in [1.82, 2.24) is 0 Å². The van der Waals surface area contributed by atoms with Gasteiger partial charge in [0, 0.05) is 0 Å². The number of rotatable bonds is 0. The second kappa shape index (κ2) is 10.9. The van der Waals surface area contributed by atoms with Crippen molar-refractivity contribution in [2.24, 2.45) is 0 Å². The van der Waals surface area contributed by atoms with Gasteiger partial charge < -0.3 is 12.4 Å². The van der Waals surface area contributed by atoms with E-state index < -0.39 is 0 Å². The highest BCUT2D eigenvalue weighted by Gasteiger charge is 1.27. The lowest BCUT2D eigenvalue weighted by Gasteiger charge is -1.56. The molecule has 0 unspecified atom stereocenters. The summed E-state index contributed by atoms with van der Waals surface area (Å²) >= 11 is 0. The minimum atomic E-state index is 0. The first-order chi connectivity index (χ1) is 1.41. The predicted molar refractivity (Wildman–Crippen MR) is 6.34 cm³/mol. The molecular weight excluding hydrogens is 83.5 g/mol. The van der Waals surface area contributed by atoms with E-state index in [9.17, 15) is 0 Å². The van der Waals surface area contributed by atoms with Crippen molar-refractivity contribution in [1.29, 1.82) is 0 Å². The van der Waals surface area contributed by atoms with Crippen molar-refractivity contribution in [2.75, 3.05) is 0 Å². The molecule has 0 aliphatic carbocycles. The van der Waals surface area contributed by atoms with Crippen LogP contribution in [0.2, 0.25) is 0 Å². The van der Waals surface area contributed by atoms with E-state index in [1.165, 1.54) is 0 Å². The minimum absolute atomic E-state index is 0. The minimum Gasteiger partial charge on any atom is -1.00 e. The number of hydrogen-bond donors (Lipinski definition) is 2. The lowest BCUT2D eigenvalue weighted by molar-refractivity contribution is -0.465. The van der Waals surface area contributed by atoms with Gasteiger partial charge in [0.25, 0.3) is 0 Å². The smallest absolute Gasteiger partial charge is 0.0737 e. The topological polar surface area (TPSA) is 49.7 Å². The van der Waals surface area contributed by atoms with E-state index in [2.05, 4.69) is 5.04 Å². The highest BCUT2D eigenvalue weighted by molar-refractivity contribution is 2.38. The Labute approximate surface area is 29.1 Å². The zero-order valence-corrected chi connectivity index (χ0v) is 2.44. The first-order valence-corrected chi connectivity index (χ1v) is 0.365. The summed E-state index contributed by atoms with van der Waals surface area (Å²) in [6.45, 7) is 0. The van der Waals surface area contributed by atoms with Gasteiger partial charge in [-0.3, -0.25) is 0 Å². The Morgan fingerprint density at radius 3 is 1.25 bits per heavy atom. The fraction of sp³-hybridized carbons (Fsp3) is 0. The van der Waals surface area contributed by atoms with Crippen LogP contribution >= 0.6 is 0 Å². The molecule has 0 amide bonds. The van der Waals surface area contributed by atoms with Crippen LogP contribution in [0.4, 0.5) is 0 Å². The lowest BCUT2D eigenvalue weighted by atomic mass is 14.6. The van der Waals surface area contributed by atoms with Gasteiger partial charge in [0.15, 0.2) is 0 Å². The van der Waals surface area contributed by atoms with Crippen LogP contribution in [0.25, 0.3) is 0 Å². The molecule has 2 N–H and O–H groups in total. The van der Waals surface area contributed by atoms with Crippen molar-refractivity contribution in [3.63, 3.8) is 0 Å². The van der Waals surface area contributed by atoms with Crippen molar-refractivity contribution in [2.45, 2.75) is 0 Å². The summed E-state index contributed by atoms with van der Waals surface area (Å²) in [7, 11) is 0. The molecular formula is H2ClO3-. The molecule has 3 nitrogen and oxygen atoms in total. The van der Waals surface area contributed by atoms with Crippen LogP contribution in [0.1, 0.15) is 0 Å². The standard InChI is InChI=1S/ClH.H2O3/c;1-3-2/h1H;1-2H/p-1. The molecule has 4 heteroatoms. The third-order valence-corrected chi connectivity index (χ3v) is 0. The van der Waals surface area contributed by atoms with Crippen LogP contribution in [0.15, 0.2) is 0 Å². The van der Waals surface area contributed by atoms with Crippen LogP contribution in [-0.4, -0.2) is 10.5 Å². The molecule has 0 aromatic heterocycles. The lowest BCUT2D eigenvalue weighted by Crippen LogP contribution is -3.00. The van der Waals surface area contributed by atoms with E-state index >= 15 is 0 Å². The first-order valence-electron chi connectivity index (χ1n) is 0.365. The van der Waals surface area contributed by atoms with Gasteiger partial charge in [-0.15, -0.1) is 0 Å². The van der Waals surface area contributed by atoms with E-state index in [1.54, 1.807) is 0 Å². The molecule has 0 heterocycles. The maximum absolute atomic E-state index is 6.62. The molecule has 0 radical (unpaired) electrons. The second-order valence-corrected chi connectivity index (χ2v) is 0.0816. The molecule has 28 valence electrons. The Balaban J connectivity index is 0. The van der Waals surface area contributed by atoms with Gasteiger partial charge in [0.2, 0.25) is 0 Å². The summed E-state index contributed by atoms with van der Waals surface area (Å²) in [6.07, 6.45) is 0. The summed E-state index contributed by atoms with van der Waals surface area (Å²) in [4.78, 5) is 0. The molecule has 4 heavy (non-hydrogen) atoms. The highest BCUT2D eigenvalue weighted by Crippen LogP contribution is 1.24. The maximum atomic E-state index is 6.62. The van der Waals surface area contributed by atoms with Crippen LogP contribution in [0, 0.1) is 0 Å². The quantitative estimate of drug-likeness (QED) is 0.243. The number of halogens is 1. The fourth-order valence-corrected chi connectivity index (χ4v) is 0. The van der Waals surface area contributed by atoms with Crippen molar-refractivity contribution < 1.29 is 28.0 Å². The Morgan fingerprint density at radius 2 is 1.25 bits per heavy atom. The molecule has 0 saturated heterocycles. The van der Waals surface area contributed by atoms with Crippen LogP contribution in [0.5, 0.6) is 0 Å². The van der Waals surface area contributed by atoms with Gasteiger partial charge in [-0.25, -0.2) is 10.5 Å². The van der Waals surface area contributed by atoms with Crippen LogP contribution in [0.3, 0.4) is 0 Å². The Morgan fingerprint density at radius 1 is 1.25 bits per heavy atom. The van der Waals surface area contributed by atoms with Crippen molar-refractivity contribution >= 4 is 0 Å². The van der Waals surface area contributed by atoms with E-state index in [0.29, 0.717) is 0 Å². The molecule has 0 bridgehead atoms. The summed E-state index contributed by atoms with van der Waals surface area (Å²) in [5.74, 6) is 0. The Bertz CT molecular complexity index is 3.25. The average molecular weight is 85.5 g/mol. The Kier molecular flexibility index (Phi) is 24.3. The monoisotopic (exact) mass is 85.0 g/mol. The molecule has 0 spiro atoms. The largest absolute Gasteiger partial charge is 1.00 e. The summed E-state index contributed by atoms with van der Waals surface area (Å²) < 4.78 is 0. The fourth-order valence-electron chi connectivity index (χ4n) is 0. The van der Waals surface area contributed by atoms with Crippen LogP contribution < -0.4 is 12.4 Å². The molecule has 0 atom stereocenters. The average Bonchev–Trinajstić information content (AvgIpc) is 0.918. The van der Waals surface area contributed by atoms with Gasteiger partial charge in [-0.1, -0.05) is 5.04 Å². The molecule has 0 fully saturated rings. The third kappa shape index (κ3) is 103. The zero-order chi connectivity index (χ0) is 2.71. The summed E-state index contributed by atoms with van der Waals surface area (Å²) in [5.41, 5.74) is 0. The van der Waals surface area contributed by atoms with Crippen molar-refractivity contribution in [3.05, 3.63) is 0 Å². The molecule has 0 aliphatic rings. The van der Waals surface area contributed by atoms with Gasteiger partial charge in [-0.05, 0) is 0 Å². The van der Waals surface area contributed by atoms with E-state index in [0.717, 1.165) is 0 Å². The van der Waals surface area contributed by atoms with E-state index in [1.807, 2.05) is 0 Å². The van der Waals surface area contributed by atoms with Gasteiger partial charge in [-0.2, -0.15) is 0 Å². The van der Waals surface area contributed by atoms with Gasteiger partial charge in [0.1, 0.15) is 0 Å². The predicted octanol–water partition coefficient (Wildman–Crippen LogP) is -3.05. The summed E-state index contributed by atoms with van der Waals surface area (Å²) in [6, 6.07) is 0. The molecule has 0 saturated carbocycles.